The van der Waals surface area contributed by atoms with E-state index in [0.717, 1.165) is 0 Å². The molecule has 8 heteroatoms. The van der Waals surface area contributed by atoms with Crippen molar-refractivity contribution in [3.05, 3.63) is 0 Å². The summed E-state index contributed by atoms with van der Waals surface area (Å²) < 4.78 is 0. The molecule has 0 fully saturated rings. The fourth-order valence-electron chi connectivity index (χ4n) is 0. The van der Waals surface area contributed by atoms with E-state index >= 15 is 0 Å². The zero-order valence-electron chi connectivity index (χ0n) is 8.76. The van der Waals surface area contributed by atoms with Gasteiger partial charge in [-0.15, -0.1) is 0 Å². The maximum atomic E-state index is 9.10. The number of carboxylic acids is 2. The van der Waals surface area contributed by atoms with Gasteiger partial charge in [0.15, 0.2) is 0 Å². The number of carboxylic acid groups (broad SMARTS) is 2. The van der Waals surface area contributed by atoms with Crippen molar-refractivity contribution in [2.45, 2.75) is 0 Å². The van der Waals surface area contributed by atoms with Crippen LogP contribution in [0.5, 0.6) is 0 Å². The second kappa shape index (κ2) is 16.8. The van der Waals surface area contributed by atoms with Gasteiger partial charge >= 0.3 is 58.0 Å². The quantitative estimate of drug-likeness (QED) is 0.425. The molecule has 0 aliphatic carbocycles. The van der Waals surface area contributed by atoms with Crippen LogP contribution in [0.25, 0.3) is 0 Å². The van der Waals surface area contributed by atoms with Gasteiger partial charge in [0.2, 0.25) is 0 Å². The van der Waals surface area contributed by atoms with Crippen LogP contribution in [0.2, 0.25) is 0 Å². The Morgan fingerprint density at radius 1 is 0.900 bits per heavy atom. The van der Waals surface area contributed by atoms with Gasteiger partial charge in [-0.25, -0.2) is 9.59 Å². The summed E-state index contributed by atoms with van der Waals surface area (Å²) in [7, 11) is 0. The van der Waals surface area contributed by atoms with Crippen LogP contribution in [0.3, 0.4) is 0 Å². The van der Waals surface area contributed by atoms with Crippen molar-refractivity contribution >= 4 is 58.0 Å². The monoisotopic (exact) mass is 258 g/mol. The second-order valence-corrected chi connectivity index (χ2v) is 0.610. The van der Waals surface area contributed by atoms with Gasteiger partial charge in [0.25, 0.3) is 0 Å². The van der Waals surface area contributed by atoms with Gasteiger partial charge in [0, 0.05) is 33.0 Å². The predicted octanol–water partition coefficient (Wildman–Crippen LogP) is -1.16. The molecule has 0 aromatic heterocycles. The number of rotatable bonds is 0. The first kappa shape index (κ1) is 30.0. The zero-order valence-corrected chi connectivity index (χ0v) is 9.56. The fourth-order valence-corrected chi connectivity index (χ4v) is 0. The second-order valence-electron chi connectivity index (χ2n) is 0.610. The van der Waals surface area contributed by atoms with Crippen LogP contribution in [-0.4, -0.2) is 68.3 Å². The summed E-state index contributed by atoms with van der Waals surface area (Å²) in [6, 6.07) is 0. The molecule has 62 valence electrons. The van der Waals surface area contributed by atoms with Crippen molar-refractivity contribution in [3.63, 3.8) is 0 Å². The van der Waals surface area contributed by atoms with Crippen molar-refractivity contribution in [2.75, 3.05) is 0 Å². The van der Waals surface area contributed by atoms with Gasteiger partial charge in [-0.3, -0.25) is 0 Å². The normalized spacial score (nSPS) is 4.40. The Morgan fingerprint density at radius 2 is 1.00 bits per heavy atom. The van der Waals surface area contributed by atoms with E-state index in [0.29, 0.717) is 0 Å². The molecule has 0 radical (unpaired) electrons. The number of hydrogen-bond acceptors (Lipinski definition) is 2. The molecule has 0 amide bonds. The van der Waals surface area contributed by atoms with Gasteiger partial charge in [0.1, 0.15) is 0 Å². The summed E-state index contributed by atoms with van der Waals surface area (Å²) in [5, 5.41) is 14.8. The van der Waals surface area contributed by atoms with Crippen molar-refractivity contribution < 1.29 is 58.5 Å². The Bertz CT molecular complexity index is 97.3. The molecule has 0 spiro atoms. The molecule has 0 aromatic rings. The Balaban J connectivity index is -0.00000000446. The molecule has 4 nitrogen and oxygen atoms in total. The van der Waals surface area contributed by atoms with E-state index in [-0.39, 0.29) is 84.8 Å². The molecule has 0 aliphatic rings. The van der Waals surface area contributed by atoms with Crippen LogP contribution in [0, 0.1) is 0 Å². The summed E-state index contributed by atoms with van der Waals surface area (Å²) in [6.07, 6.45) is 0. The Kier molecular flexibility index (Phi) is 50.5. The zero-order chi connectivity index (χ0) is 5.15. The average Bonchev–Trinajstić information content (AvgIpc) is 1.36. The smallest absolute Gasteiger partial charge is 1.00 e. The molecule has 0 heterocycles. The van der Waals surface area contributed by atoms with Crippen molar-refractivity contribution in [3.8, 4) is 0 Å². The topological polar surface area (TPSA) is 74.6 Å². The summed E-state index contributed by atoms with van der Waals surface area (Å²) in [6.45, 7) is 0. The van der Waals surface area contributed by atoms with E-state index in [1.807, 2.05) is 0 Å². The van der Waals surface area contributed by atoms with Crippen molar-refractivity contribution in [1.82, 2.24) is 0 Å². The van der Waals surface area contributed by atoms with Crippen LogP contribution in [-0.2, 0) is 42.6 Å². The Hall–Kier alpha value is 1.46. The van der Waals surface area contributed by atoms with Gasteiger partial charge in [-0.1, -0.05) is 0 Å². The van der Waals surface area contributed by atoms with E-state index < -0.39 is 11.9 Å². The molecule has 0 atom stereocenters. The summed E-state index contributed by atoms with van der Waals surface area (Å²) >= 11 is 0. The van der Waals surface area contributed by atoms with E-state index in [9.17, 15) is 0 Å². The first-order valence-electron chi connectivity index (χ1n) is 1.11. The largest absolute Gasteiger partial charge is 2.00 e. The molecule has 10 heavy (non-hydrogen) atoms. The molecule has 0 aromatic carbocycles. The molecule has 0 aliphatic heterocycles. The Morgan fingerprint density at radius 3 is 1.00 bits per heavy atom. The summed E-state index contributed by atoms with van der Waals surface area (Å²) in [5.41, 5.74) is 0. The third-order valence-corrected chi connectivity index (χ3v) is 0.183. The minimum absolute atomic E-state index is 0. The minimum Gasteiger partial charge on any atom is -1.00 e. The minimum atomic E-state index is -1.82. The summed E-state index contributed by atoms with van der Waals surface area (Å²) in [5.74, 6) is -3.65. The molecule has 0 unspecified atom stereocenters. The van der Waals surface area contributed by atoms with E-state index in [4.69, 9.17) is 19.8 Å². The van der Waals surface area contributed by atoms with Crippen LogP contribution < -0.4 is 0 Å². The van der Waals surface area contributed by atoms with Crippen molar-refractivity contribution in [2.24, 2.45) is 0 Å². The third kappa shape index (κ3) is 22.7. The number of aliphatic carboxylic acids is 2. The van der Waals surface area contributed by atoms with Gasteiger partial charge in [0.05, 0.1) is 0 Å². The van der Waals surface area contributed by atoms with E-state index in [1.165, 1.54) is 0 Å². The van der Waals surface area contributed by atoms with Crippen LogP contribution >= 0.6 is 0 Å². The Labute approximate surface area is 116 Å². The van der Waals surface area contributed by atoms with Crippen LogP contribution in [0.15, 0.2) is 0 Å². The maximum Gasteiger partial charge on any atom is 2.00 e. The molecular formula is C2H6Mg2Ni2O4. The van der Waals surface area contributed by atoms with Crippen LogP contribution in [0.4, 0.5) is 0 Å². The van der Waals surface area contributed by atoms with Gasteiger partial charge in [-0.05, 0) is 0 Å². The molecule has 0 bridgehead atoms. The molecule has 0 rings (SSSR count). The van der Waals surface area contributed by atoms with Crippen molar-refractivity contribution in [1.29, 1.82) is 0 Å². The fraction of sp³-hybridized carbons (Fsp3) is 0. The maximum absolute atomic E-state index is 9.10. The van der Waals surface area contributed by atoms with E-state index in [1.54, 1.807) is 0 Å². The average molecular weight is 260 g/mol. The molecule has 0 saturated carbocycles. The van der Waals surface area contributed by atoms with Gasteiger partial charge < -0.3 is 15.9 Å². The predicted molar refractivity (Wildman–Crippen MR) is 31.2 cm³/mol. The molecule has 0 saturated heterocycles. The van der Waals surface area contributed by atoms with Crippen LogP contribution in [0.1, 0.15) is 5.71 Å². The number of hydrogen-bond donors (Lipinski definition) is 2. The SMILES string of the molecule is O=C(O)C(=O)O.[H-].[H-].[H-].[H-].[Mg+2].[Mg+2].[Ni].[Ni]. The molecular weight excluding hydrogens is 254 g/mol. The molecule has 2 N–H and O–H groups in total. The number of carbonyl (C=O) groups is 2. The third-order valence-electron chi connectivity index (χ3n) is 0.183. The first-order valence-corrected chi connectivity index (χ1v) is 1.11. The van der Waals surface area contributed by atoms with E-state index in [2.05, 4.69) is 0 Å². The standard InChI is InChI=1S/C2H2O4.2Mg.2Ni.4H/c3-1(4)2(5)6;;;;;;;;/h(H,3,4)(H,5,6);;;;;;;;/q;2*+2;;;4*-1. The summed E-state index contributed by atoms with van der Waals surface area (Å²) in [4.78, 5) is 18.2. The van der Waals surface area contributed by atoms with Gasteiger partial charge in [-0.2, -0.15) is 0 Å². The first-order chi connectivity index (χ1) is 2.64.